The molecule has 1 amide bonds. The molecule has 1 aliphatic carbocycles. The highest BCUT2D eigenvalue weighted by Gasteiger charge is 2.27. The average molecular weight is 214 g/mol. The molecule has 0 aromatic carbocycles. The Kier molecular flexibility index (Phi) is 4.54. The molecule has 0 aromatic heterocycles. The number of hydrogen-bond acceptors (Lipinski definition) is 3. The summed E-state index contributed by atoms with van der Waals surface area (Å²) in [4.78, 5) is 13.7. The molecule has 15 heavy (non-hydrogen) atoms. The van der Waals surface area contributed by atoms with Crippen molar-refractivity contribution in [2.45, 2.75) is 38.8 Å². The molecule has 0 heterocycles. The van der Waals surface area contributed by atoms with E-state index in [4.69, 9.17) is 5.11 Å². The van der Waals surface area contributed by atoms with E-state index in [-0.39, 0.29) is 24.5 Å². The third-order valence-corrected chi connectivity index (χ3v) is 3.09. The van der Waals surface area contributed by atoms with E-state index in [0.29, 0.717) is 12.6 Å². The van der Waals surface area contributed by atoms with E-state index in [1.807, 2.05) is 20.9 Å². The highest BCUT2D eigenvalue weighted by Crippen LogP contribution is 2.24. The van der Waals surface area contributed by atoms with Gasteiger partial charge in [-0.15, -0.1) is 0 Å². The molecule has 4 nitrogen and oxygen atoms in total. The quantitative estimate of drug-likeness (QED) is 0.665. The largest absolute Gasteiger partial charge is 0.396 e. The topological polar surface area (TPSA) is 52.6 Å². The van der Waals surface area contributed by atoms with Gasteiger partial charge in [-0.3, -0.25) is 9.69 Å². The van der Waals surface area contributed by atoms with Crippen LogP contribution in [0.4, 0.5) is 0 Å². The Balaban J connectivity index is 2.22. The molecule has 0 aromatic rings. The van der Waals surface area contributed by atoms with Crippen molar-refractivity contribution in [1.82, 2.24) is 10.2 Å². The van der Waals surface area contributed by atoms with Gasteiger partial charge in [-0.05, 0) is 32.7 Å². The molecule has 0 spiro atoms. The molecule has 1 saturated carbocycles. The van der Waals surface area contributed by atoms with E-state index < -0.39 is 0 Å². The molecule has 1 aliphatic rings. The van der Waals surface area contributed by atoms with Crippen molar-refractivity contribution in [2.24, 2.45) is 5.92 Å². The summed E-state index contributed by atoms with van der Waals surface area (Å²) >= 11 is 0. The van der Waals surface area contributed by atoms with Gasteiger partial charge < -0.3 is 10.4 Å². The third-order valence-electron chi connectivity index (χ3n) is 3.09. The smallest absolute Gasteiger partial charge is 0.234 e. The highest BCUT2D eigenvalue weighted by molar-refractivity contribution is 5.78. The number of hydrogen-bond donors (Lipinski definition) is 2. The lowest BCUT2D eigenvalue weighted by molar-refractivity contribution is -0.123. The summed E-state index contributed by atoms with van der Waals surface area (Å²) in [5.41, 5.74) is 0. The fraction of sp³-hybridized carbons (Fsp3) is 0.909. The Morgan fingerprint density at radius 2 is 2.13 bits per heavy atom. The second-order valence-electron chi connectivity index (χ2n) is 4.66. The van der Waals surface area contributed by atoms with Crippen LogP contribution in [0.3, 0.4) is 0 Å². The number of likely N-dealkylation sites (N-methyl/N-ethyl adjacent to an activating group) is 1. The average Bonchev–Trinajstić information content (AvgIpc) is 2.99. The van der Waals surface area contributed by atoms with Gasteiger partial charge in [0.2, 0.25) is 5.91 Å². The molecular formula is C11H22N2O2. The maximum Gasteiger partial charge on any atom is 0.234 e. The van der Waals surface area contributed by atoms with Gasteiger partial charge in [0.05, 0.1) is 6.54 Å². The summed E-state index contributed by atoms with van der Waals surface area (Å²) < 4.78 is 0. The predicted octanol–water partition coefficient (Wildman–Crippen LogP) is 0.214. The van der Waals surface area contributed by atoms with E-state index in [9.17, 15) is 4.79 Å². The maximum atomic E-state index is 11.6. The van der Waals surface area contributed by atoms with E-state index in [0.717, 1.165) is 0 Å². The first-order chi connectivity index (χ1) is 7.04. The summed E-state index contributed by atoms with van der Waals surface area (Å²) in [6.07, 6.45) is 2.43. The monoisotopic (exact) mass is 214 g/mol. The van der Waals surface area contributed by atoms with E-state index >= 15 is 0 Å². The van der Waals surface area contributed by atoms with E-state index in [1.54, 1.807) is 0 Å². The van der Waals surface area contributed by atoms with Gasteiger partial charge >= 0.3 is 0 Å². The molecule has 0 bridgehead atoms. The zero-order valence-electron chi connectivity index (χ0n) is 9.86. The Morgan fingerprint density at radius 3 is 2.60 bits per heavy atom. The van der Waals surface area contributed by atoms with Gasteiger partial charge in [0, 0.05) is 18.7 Å². The summed E-state index contributed by atoms with van der Waals surface area (Å²) in [7, 11) is 1.98. The fourth-order valence-electron chi connectivity index (χ4n) is 1.47. The second kappa shape index (κ2) is 5.47. The van der Waals surface area contributed by atoms with Gasteiger partial charge in [0.1, 0.15) is 0 Å². The molecule has 4 heteroatoms. The van der Waals surface area contributed by atoms with Crippen molar-refractivity contribution in [2.75, 3.05) is 20.2 Å². The van der Waals surface area contributed by atoms with Crippen LogP contribution >= 0.6 is 0 Å². The van der Waals surface area contributed by atoms with Crippen LogP contribution < -0.4 is 5.32 Å². The van der Waals surface area contributed by atoms with Crippen LogP contribution in [0.2, 0.25) is 0 Å². The molecule has 2 N–H and O–H groups in total. The number of aliphatic hydroxyl groups excluding tert-OH is 1. The van der Waals surface area contributed by atoms with Crippen molar-refractivity contribution in [1.29, 1.82) is 0 Å². The molecular weight excluding hydrogens is 192 g/mol. The Morgan fingerprint density at radius 1 is 1.53 bits per heavy atom. The minimum atomic E-state index is 0.0371. The van der Waals surface area contributed by atoms with Gasteiger partial charge in [0.25, 0.3) is 0 Å². The van der Waals surface area contributed by atoms with Crippen molar-refractivity contribution >= 4 is 5.91 Å². The van der Waals surface area contributed by atoms with Crippen molar-refractivity contribution < 1.29 is 9.90 Å². The minimum absolute atomic E-state index is 0.0371. The molecule has 0 aliphatic heterocycles. The normalized spacial score (nSPS) is 20.1. The summed E-state index contributed by atoms with van der Waals surface area (Å²) in [6.45, 7) is 4.43. The zero-order valence-corrected chi connectivity index (χ0v) is 9.86. The first-order valence-electron chi connectivity index (χ1n) is 5.65. The number of aliphatic hydroxyl groups is 1. The first-order valence-corrected chi connectivity index (χ1v) is 5.65. The van der Waals surface area contributed by atoms with E-state index in [1.165, 1.54) is 12.8 Å². The van der Waals surface area contributed by atoms with Crippen LogP contribution in [0.1, 0.15) is 26.7 Å². The van der Waals surface area contributed by atoms with Gasteiger partial charge in [-0.25, -0.2) is 0 Å². The number of rotatable bonds is 6. The van der Waals surface area contributed by atoms with Crippen LogP contribution in [0.15, 0.2) is 0 Å². The fourth-order valence-corrected chi connectivity index (χ4v) is 1.47. The summed E-state index contributed by atoms with van der Waals surface area (Å²) in [5.74, 6) is 0.164. The van der Waals surface area contributed by atoms with Gasteiger partial charge in [-0.2, -0.15) is 0 Å². The first kappa shape index (κ1) is 12.5. The standard InChI is InChI=1S/C11H22N2O2/c1-8(7-14)9(2)12-11(15)6-13(3)10-4-5-10/h8-10,14H,4-7H2,1-3H3,(H,12,15). The van der Waals surface area contributed by atoms with E-state index in [2.05, 4.69) is 10.2 Å². The van der Waals surface area contributed by atoms with Crippen LogP contribution in [0.5, 0.6) is 0 Å². The van der Waals surface area contributed by atoms with Crippen LogP contribution in [-0.2, 0) is 4.79 Å². The molecule has 2 atom stereocenters. The number of amides is 1. The number of nitrogens with one attached hydrogen (secondary N) is 1. The Labute approximate surface area is 91.6 Å². The lowest BCUT2D eigenvalue weighted by atomic mass is 10.1. The second-order valence-corrected chi connectivity index (χ2v) is 4.66. The lowest BCUT2D eigenvalue weighted by Crippen LogP contribution is -2.43. The molecule has 0 radical (unpaired) electrons. The van der Waals surface area contributed by atoms with Crippen LogP contribution in [0, 0.1) is 5.92 Å². The van der Waals surface area contributed by atoms with Crippen molar-refractivity contribution in [3.8, 4) is 0 Å². The lowest BCUT2D eigenvalue weighted by Gasteiger charge is -2.21. The number of carbonyl (C=O) groups is 1. The van der Waals surface area contributed by atoms with Gasteiger partial charge in [-0.1, -0.05) is 6.92 Å². The molecule has 88 valence electrons. The maximum absolute atomic E-state index is 11.6. The van der Waals surface area contributed by atoms with Crippen LogP contribution in [0.25, 0.3) is 0 Å². The number of nitrogens with zero attached hydrogens (tertiary/aromatic N) is 1. The Bertz CT molecular complexity index is 217. The molecule has 1 rings (SSSR count). The van der Waals surface area contributed by atoms with Gasteiger partial charge in [0.15, 0.2) is 0 Å². The molecule has 1 fully saturated rings. The summed E-state index contributed by atoms with van der Waals surface area (Å²) in [6, 6.07) is 0.649. The third kappa shape index (κ3) is 4.18. The molecule has 2 unspecified atom stereocenters. The molecule has 0 saturated heterocycles. The SMILES string of the molecule is CC(CO)C(C)NC(=O)CN(C)C1CC1. The number of carbonyl (C=O) groups excluding carboxylic acids is 1. The summed E-state index contributed by atoms with van der Waals surface area (Å²) in [5, 5.41) is 11.8. The zero-order chi connectivity index (χ0) is 11.4. The minimum Gasteiger partial charge on any atom is -0.396 e. The van der Waals surface area contributed by atoms with Crippen molar-refractivity contribution in [3.63, 3.8) is 0 Å². The van der Waals surface area contributed by atoms with Crippen molar-refractivity contribution in [3.05, 3.63) is 0 Å². The Hall–Kier alpha value is -0.610. The van der Waals surface area contributed by atoms with Crippen LogP contribution in [-0.4, -0.2) is 48.2 Å². The highest BCUT2D eigenvalue weighted by atomic mass is 16.3. The predicted molar refractivity (Wildman–Crippen MR) is 59.5 cm³/mol.